The fraction of sp³-hybridized carbons (Fsp3) is 0.895. The Balaban J connectivity index is 5.44. The summed E-state index contributed by atoms with van der Waals surface area (Å²) in [6, 6.07) is 0. The monoisotopic (exact) mass is 436 g/mol. The molecule has 0 aromatic rings. The summed E-state index contributed by atoms with van der Waals surface area (Å²) in [7, 11) is 0. The number of rotatable bonds is 10. The molecule has 0 aliphatic carbocycles. The van der Waals surface area contributed by atoms with Gasteiger partial charge in [0.05, 0.1) is 5.92 Å². The number of halogens is 6. The second kappa shape index (κ2) is 10.0. The van der Waals surface area contributed by atoms with Crippen LogP contribution in [0.25, 0.3) is 0 Å². The molecule has 0 bridgehead atoms. The molecule has 2 atom stereocenters. The van der Waals surface area contributed by atoms with Crippen LogP contribution in [0.2, 0.25) is 0 Å². The van der Waals surface area contributed by atoms with Crippen LogP contribution in [0.5, 0.6) is 0 Å². The molecule has 0 heterocycles. The van der Waals surface area contributed by atoms with Crippen molar-refractivity contribution in [1.82, 2.24) is 0 Å². The molecule has 2 unspecified atom stereocenters. The summed E-state index contributed by atoms with van der Waals surface area (Å²) in [6.07, 6.45) is -14.7. The van der Waals surface area contributed by atoms with Crippen molar-refractivity contribution in [2.75, 3.05) is 0 Å². The van der Waals surface area contributed by atoms with Gasteiger partial charge in [-0.05, 0) is 31.6 Å². The quantitative estimate of drug-likeness (QED) is 0.312. The molecule has 0 amide bonds. The van der Waals surface area contributed by atoms with E-state index in [0.29, 0.717) is 6.42 Å². The molecule has 0 fully saturated rings. The molecular weight excluding hydrogens is 406 g/mol. The molecule has 0 radical (unpaired) electrons. The average Bonchev–Trinajstić information content (AvgIpc) is 2.56. The highest BCUT2D eigenvalue weighted by Crippen LogP contribution is 2.38. The van der Waals surface area contributed by atoms with Crippen LogP contribution in [-0.2, 0) is 19.1 Å². The summed E-state index contributed by atoms with van der Waals surface area (Å²) in [5, 5.41) is 0. The zero-order valence-corrected chi connectivity index (χ0v) is 17.6. The van der Waals surface area contributed by atoms with E-state index in [4.69, 9.17) is 4.74 Å². The second-order valence-corrected chi connectivity index (χ2v) is 8.02. The Morgan fingerprint density at radius 3 is 1.69 bits per heavy atom. The van der Waals surface area contributed by atoms with E-state index in [1.165, 1.54) is 20.8 Å². The van der Waals surface area contributed by atoms with E-state index in [2.05, 4.69) is 4.74 Å². The zero-order chi connectivity index (χ0) is 23.3. The Bertz CT molecular complexity index is 542. The van der Waals surface area contributed by atoms with Crippen LogP contribution < -0.4 is 0 Å². The second-order valence-electron chi connectivity index (χ2n) is 8.02. The molecule has 0 aromatic carbocycles. The number of carbonyl (C=O) groups excluding carboxylic acids is 2. The Morgan fingerprint density at radius 2 is 1.34 bits per heavy atom. The van der Waals surface area contributed by atoms with Gasteiger partial charge in [-0.2, -0.15) is 26.3 Å². The molecule has 4 nitrogen and oxygen atoms in total. The zero-order valence-electron chi connectivity index (χ0n) is 17.6. The predicted octanol–water partition coefficient (Wildman–Crippen LogP) is 5.98. The largest absolute Gasteiger partial charge is 0.458 e. The molecule has 10 heteroatoms. The molecule has 0 saturated carbocycles. The van der Waals surface area contributed by atoms with Gasteiger partial charge in [0.15, 0.2) is 0 Å². The standard InChI is InChI=1S/C19H30F6O4/c1-7-12(14(27)28-15(18(20,21)22)19(23,24)25)17(6,9-3)29-13(26)10-11-16(4,5)8-2/h12,15H,7-11H2,1-6H3. The van der Waals surface area contributed by atoms with Crippen LogP contribution in [0.15, 0.2) is 0 Å². The molecule has 0 rings (SSSR count). The summed E-state index contributed by atoms with van der Waals surface area (Å²) in [4.78, 5) is 24.4. The first kappa shape index (κ1) is 27.5. The van der Waals surface area contributed by atoms with Crippen molar-refractivity contribution in [2.45, 2.75) is 97.7 Å². The average molecular weight is 436 g/mol. The molecule has 0 N–H and O–H groups in total. The van der Waals surface area contributed by atoms with Crippen molar-refractivity contribution in [3.63, 3.8) is 0 Å². The minimum atomic E-state index is -5.81. The molecular formula is C19H30F6O4. The van der Waals surface area contributed by atoms with Crippen molar-refractivity contribution < 1.29 is 45.4 Å². The first-order valence-corrected chi connectivity index (χ1v) is 9.49. The van der Waals surface area contributed by atoms with Crippen LogP contribution in [-0.4, -0.2) is 36.0 Å². The summed E-state index contributed by atoms with van der Waals surface area (Å²) in [5.74, 6) is -3.87. The summed E-state index contributed by atoms with van der Waals surface area (Å²) >= 11 is 0. The maximum absolute atomic E-state index is 12.7. The Morgan fingerprint density at radius 1 is 0.862 bits per heavy atom. The van der Waals surface area contributed by atoms with E-state index in [9.17, 15) is 35.9 Å². The molecule has 172 valence electrons. The molecule has 0 saturated heterocycles. The molecule has 0 aromatic heterocycles. The van der Waals surface area contributed by atoms with E-state index >= 15 is 0 Å². The van der Waals surface area contributed by atoms with Gasteiger partial charge in [-0.3, -0.25) is 9.59 Å². The van der Waals surface area contributed by atoms with Gasteiger partial charge >= 0.3 is 24.3 Å². The summed E-state index contributed by atoms with van der Waals surface area (Å²) in [5.41, 5.74) is -1.74. The lowest BCUT2D eigenvalue weighted by atomic mass is 9.83. The Hall–Kier alpha value is -1.48. The van der Waals surface area contributed by atoms with Gasteiger partial charge in [-0.25, -0.2) is 0 Å². The maximum atomic E-state index is 12.7. The van der Waals surface area contributed by atoms with E-state index in [1.54, 1.807) is 0 Å². The Labute approximate surface area is 167 Å². The third-order valence-electron chi connectivity index (χ3n) is 5.27. The first-order chi connectivity index (χ1) is 12.9. The lowest BCUT2D eigenvalue weighted by molar-refractivity contribution is -0.315. The van der Waals surface area contributed by atoms with Gasteiger partial charge in [0.1, 0.15) is 5.60 Å². The van der Waals surface area contributed by atoms with Crippen molar-refractivity contribution in [3.05, 3.63) is 0 Å². The smallest absolute Gasteiger partial charge is 0.434 e. The van der Waals surface area contributed by atoms with Crippen molar-refractivity contribution in [3.8, 4) is 0 Å². The minimum Gasteiger partial charge on any atom is -0.458 e. The van der Waals surface area contributed by atoms with E-state index < -0.39 is 41.9 Å². The van der Waals surface area contributed by atoms with Gasteiger partial charge in [0.25, 0.3) is 6.10 Å². The number of carbonyl (C=O) groups is 2. The lowest BCUT2D eigenvalue weighted by Crippen LogP contribution is -2.50. The Kier molecular flexibility index (Phi) is 9.51. The van der Waals surface area contributed by atoms with E-state index in [0.717, 1.165) is 6.42 Å². The number of alkyl halides is 6. The highest BCUT2D eigenvalue weighted by Gasteiger charge is 2.60. The van der Waals surface area contributed by atoms with Crippen molar-refractivity contribution in [2.24, 2.45) is 11.3 Å². The van der Waals surface area contributed by atoms with Crippen LogP contribution in [0, 0.1) is 11.3 Å². The van der Waals surface area contributed by atoms with Crippen LogP contribution in [0.4, 0.5) is 26.3 Å². The van der Waals surface area contributed by atoms with E-state index in [1.807, 2.05) is 20.8 Å². The molecule has 29 heavy (non-hydrogen) atoms. The van der Waals surface area contributed by atoms with Crippen LogP contribution >= 0.6 is 0 Å². The molecule has 0 aliphatic rings. The summed E-state index contributed by atoms with van der Waals surface area (Å²) in [6.45, 7) is 10.1. The summed E-state index contributed by atoms with van der Waals surface area (Å²) < 4.78 is 85.3. The van der Waals surface area contributed by atoms with Crippen molar-refractivity contribution >= 4 is 11.9 Å². The van der Waals surface area contributed by atoms with E-state index in [-0.39, 0.29) is 24.7 Å². The number of ether oxygens (including phenoxy) is 2. The first-order valence-electron chi connectivity index (χ1n) is 9.49. The third-order valence-corrected chi connectivity index (χ3v) is 5.27. The normalized spacial score (nSPS) is 16.3. The third kappa shape index (κ3) is 8.42. The fourth-order valence-corrected chi connectivity index (χ4v) is 2.68. The van der Waals surface area contributed by atoms with Gasteiger partial charge in [-0.1, -0.05) is 41.0 Å². The topological polar surface area (TPSA) is 52.6 Å². The van der Waals surface area contributed by atoms with Gasteiger partial charge in [0.2, 0.25) is 0 Å². The van der Waals surface area contributed by atoms with Crippen LogP contribution in [0.3, 0.4) is 0 Å². The number of hydrogen-bond acceptors (Lipinski definition) is 4. The van der Waals surface area contributed by atoms with Gasteiger partial charge < -0.3 is 9.47 Å². The van der Waals surface area contributed by atoms with Crippen LogP contribution in [0.1, 0.15) is 73.6 Å². The highest BCUT2D eigenvalue weighted by atomic mass is 19.4. The predicted molar refractivity (Wildman–Crippen MR) is 93.9 cm³/mol. The molecule has 0 spiro atoms. The SMILES string of the molecule is CCC(C(=O)OC(C(F)(F)F)C(F)(F)F)C(C)(CC)OC(=O)CCC(C)(C)CC. The van der Waals surface area contributed by atoms with Gasteiger partial charge in [0, 0.05) is 6.42 Å². The number of hydrogen-bond donors (Lipinski definition) is 0. The molecule has 0 aliphatic heterocycles. The minimum absolute atomic E-state index is 0.00617. The lowest BCUT2D eigenvalue weighted by Gasteiger charge is -2.36. The maximum Gasteiger partial charge on any atom is 0.434 e. The fourth-order valence-electron chi connectivity index (χ4n) is 2.68. The van der Waals surface area contributed by atoms with Gasteiger partial charge in [-0.15, -0.1) is 0 Å². The van der Waals surface area contributed by atoms with Crippen molar-refractivity contribution in [1.29, 1.82) is 0 Å². The number of esters is 2. The highest BCUT2D eigenvalue weighted by molar-refractivity contribution is 5.76.